The molecular weight excluding hydrogens is 194 g/mol. The lowest BCUT2D eigenvalue weighted by Crippen LogP contribution is -2.40. The van der Waals surface area contributed by atoms with E-state index < -0.39 is 0 Å². The van der Waals surface area contributed by atoms with Crippen molar-refractivity contribution in [3.63, 3.8) is 0 Å². The van der Waals surface area contributed by atoms with Gasteiger partial charge in [-0.2, -0.15) is 0 Å². The second-order valence-electron chi connectivity index (χ2n) is 4.24. The fourth-order valence-electron chi connectivity index (χ4n) is 1.08. The van der Waals surface area contributed by atoms with Crippen LogP contribution >= 0.6 is 0 Å². The van der Waals surface area contributed by atoms with Gasteiger partial charge in [-0.15, -0.1) is 0 Å². The van der Waals surface area contributed by atoms with Gasteiger partial charge in [0, 0.05) is 18.4 Å². The molecule has 15 heavy (non-hydrogen) atoms. The molecule has 0 radical (unpaired) electrons. The number of amides is 1. The maximum absolute atomic E-state index is 11.6. The molecule has 5 nitrogen and oxygen atoms in total. The van der Waals surface area contributed by atoms with Gasteiger partial charge in [-0.3, -0.25) is 4.79 Å². The molecule has 0 aromatic carbocycles. The van der Waals surface area contributed by atoms with Crippen molar-refractivity contribution in [2.45, 2.75) is 40.2 Å². The molecule has 0 aliphatic rings. The Hall–Kier alpha value is -1.26. The Bertz CT molecular complexity index is 239. The second kappa shape index (κ2) is 6.27. The summed E-state index contributed by atoms with van der Waals surface area (Å²) in [7, 11) is 0. The van der Waals surface area contributed by atoms with E-state index in [0.29, 0.717) is 12.3 Å². The summed E-state index contributed by atoms with van der Waals surface area (Å²) in [6.45, 7) is 7.70. The first kappa shape index (κ1) is 13.7. The number of hydrogen-bond acceptors (Lipinski definition) is 3. The zero-order valence-electron chi connectivity index (χ0n) is 9.82. The molecule has 0 aromatic rings. The summed E-state index contributed by atoms with van der Waals surface area (Å²) in [6.07, 6.45) is 0.354. The third-order valence-corrected chi connectivity index (χ3v) is 2.45. The Balaban J connectivity index is 4.07. The third-order valence-electron chi connectivity index (χ3n) is 2.45. The molecular formula is C10H21N3O2. The van der Waals surface area contributed by atoms with Crippen LogP contribution in [0.15, 0.2) is 5.16 Å². The quantitative estimate of drug-likeness (QED) is 0.276. The van der Waals surface area contributed by atoms with Crippen LogP contribution in [0.5, 0.6) is 0 Å². The highest BCUT2D eigenvalue weighted by atomic mass is 16.4. The van der Waals surface area contributed by atoms with Gasteiger partial charge < -0.3 is 16.3 Å². The maximum Gasteiger partial charge on any atom is 0.223 e. The van der Waals surface area contributed by atoms with Gasteiger partial charge in [-0.05, 0) is 12.8 Å². The summed E-state index contributed by atoms with van der Waals surface area (Å²) >= 11 is 0. The highest BCUT2D eigenvalue weighted by molar-refractivity contribution is 5.82. The molecule has 0 rings (SSSR count). The maximum atomic E-state index is 11.6. The van der Waals surface area contributed by atoms with Crippen molar-refractivity contribution >= 4 is 11.7 Å². The largest absolute Gasteiger partial charge is 0.409 e. The minimum Gasteiger partial charge on any atom is -0.409 e. The van der Waals surface area contributed by atoms with Crippen molar-refractivity contribution in [2.75, 3.05) is 0 Å². The van der Waals surface area contributed by atoms with E-state index >= 15 is 0 Å². The lowest BCUT2D eigenvalue weighted by molar-refractivity contribution is -0.126. The van der Waals surface area contributed by atoms with E-state index in [2.05, 4.69) is 10.5 Å². The van der Waals surface area contributed by atoms with E-state index in [1.54, 1.807) is 0 Å². The molecule has 0 fully saturated rings. The number of carbonyl (C=O) groups is 1. The van der Waals surface area contributed by atoms with Crippen molar-refractivity contribution in [1.82, 2.24) is 5.32 Å². The van der Waals surface area contributed by atoms with Gasteiger partial charge in [0.1, 0.15) is 5.84 Å². The summed E-state index contributed by atoms with van der Waals surface area (Å²) in [5, 5.41) is 14.0. The molecule has 0 saturated heterocycles. The van der Waals surface area contributed by atoms with E-state index in [0.717, 1.165) is 0 Å². The first-order valence-corrected chi connectivity index (χ1v) is 5.15. The molecule has 88 valence electrons. The second-order valence-corrected chi connectivity index (χ2v) is 4.24. The van der Waals surface area contributed by atoms with Crippen LogP contribution < -0.4 is 11.1 Å². The molecule has 0 bridgehead atoms. The highest BCUT2D eigenvalue weighted by Crippen LogP contribution is 2.09. The van der Waals surface area contributed by atoms with Crippen molar-refractivity contribution in [3.05, 3.63) is 0 Å². The van der Waals surface area contributed by atoms with Crippen LogP contribution in [0.2, 0.25) is 0 Å². The van der Waals surface area contributed by atoms with Crippen LogP contribution in [0.4, 0.5) is 0 Å². The van der Waals surface area contributed by atoms with Gasteiger partial charge >= 0.3 is 0 Å². The zero-order valence-corrected chi connectivity index (χ0v) is 9.82. The number of amidine groups is 1. The number of nitrogens with zero attached hydrogens (tertiary/aromatic N) is 1. The molecule has 0 saturated carbocycles. The van der Waals surface area contributed by atoms with Crippen LogP contribution in [0, 0.1) is 11.8 Å². The molecule has 2 unspecified atom stereocenters. The summed E-state index contributed by atoms with van der Waals surface area (Å²) in [6, 6.07) is -0.116. The molecule has 1 amide bonds. The summed E-state index contributed by atoms with van der Waals surface area (Å²) in [5.41, 5.74) is 5.33. The molecule has 0 heterocycles. The number of rotatable bonds is 5. The normalized spacial score (nSPS) is 16.2. The predicted octanol–water partition coefficient (Wildman–Crippen LogP) is 0.920. The molecule has 0 aliphatic heterocycles. The molecule has 2 atom stereocenters. The van der Waals surface area contributed by atoms with E-state index in [9.17, 15) is 4.79 Å². The van der Waals surface area contributed by atoms with Gasteiger partial charge in [0.25, 0.3) is 0 Å². The third kappa shape index (κ3) is 5.24. The van der Waals surface area contributed by atoms with Gasteiger partial charge in [0.2, 0.25) is 5.91 Å². The average molecular weight is 215 g/mol. The smallest absolute Gasteiger partial charge is 0.223 e. The highest BCUT2D eigenvalue weighted by Gasteiger charge is 2.18. The fraction of sp³-hybridized carbons (Fsp3) is 0.800. The number of nitrogens with two attached hydrogens (primary N) is 1. The van der Waals surface area contributed by atoms with Crippen LogP contribution in [-0.4, -0.2) is 23.0 Å². The van der Waals surface area contributed by atoms with Crippen molar-refractivity contribution in [3.8, 4) is 0 Å². The minimum absolute atomic E-state index is 0.00300. The first-order chi connectivity index (χ1) is 6.88. The Morgan fingerprint density at radius 3 is 2.33 bits per heavy atom. The lowest BCUT2D eigenvalue weighted by atomic mass is 9.97. The number of oxime groups is 1. The van der Waals surface area contributed by atoms with E-state index in [-0.39, 0.29) is 23.7 Å². The predicted molar refractivity (Wildman–Crippen MR) is 59.6 cm³/mol. The van der Waals surface area contributed by atoms with Crippen molar-refractivity contribution in [1.29, 1.82) is 0 Å². The molecule has 0 aromatic heterocycles. The Morgan fingerprint density at radius 1 is 1.40 bits per heavy atom. The van der Waals surface area contributed by atoms with E-state index in [1.807, 2.05) is 27.7 Å². The number of nitrogens with one attached hydrogen (secondary N) is 1. The van der Waals surface area contributed by atoms with Crippen molar-refractivity contribution < 1.29 is 10.0 Å². The van der Waals surface area contributed by atoms with Crippen LogP contribution in [0.3, 0.4) is 0 Å². The average Bonchev–Trinajstić information content (AvgIpc) is 2.15. The van der Waals surface area contributed by atoms with Crippen LogP contribution in [0.1, 0.15) is 34.1 Å². The number of hydrogen-bond donors (Lipinski definition) is 3. The van der Waals surface area contributed by atoms with Gasteiger partial charge in [-0.25, -0.2) is 0 Å². The topological polar surface area (TPSA) is 87.7 Å². The fourth-order valence-corrected chi connectivity index (χ4v) is 1.08. The zero-order chi connectivity index (χ0) is 12.0. The first-order valence-electron chi connectivity index (χ1n) is 5.15. The Morgan fingerprint density at radius 2 is 1.93 bits per heavy atom. The summed E-state index contributed by atoms with van der Waals surface area (Å²) < 4.78 is 0. The van der Waals surface area contributed by atoms with Gasteiger partial charge in [0.15, 0.2) is 0 Å². The lowest BCUT2D eigenvalue weighted by Gasteiger charge is -2.19. The number of carbonyl (C=O) groups excluding carboxylic acids is 1. The van der Waals surface area contributed by atoms with E-state index in [4.69, 9.17) is 10.9 Å². The summed E-state index contributed by atoms with van der Waals surface area (Å²) in [5.74, 6) is 0.407. The SMILES string of the molecule is CC(CC(N)=NO)NC(=O)C(C)C(C)C. The standard InChI is InChI=1S/C10H21N3O2/c1-6(2)8(4)10(14)12-7(3)5-9(11)13-15/h6-8,15H,5H2,1-4H3,(H2,11,13)(H,12,14). The van der Waals surface area contributed by atoms with E-state index in [1.165, 1.54) is 0 Å². The van der Waals surface area contributed by atoms with Crippen LogP contribution in [-0.2, 0) is 4.79 Å². The van der Waals surface area contributed by atoms with Crippen LogP contribution in [0.25, 0.3) is 0 Å². The van der Waals surface area contributed by atoms with Gasteiger partial charge in [-0.1, -0.05) is 25.9 Å². The monoisotopic (exact) mass is 215 g/mol. The molecule has 0 aliphatic carbocycles. The van der Waals surface area contributed by atoms with Gasteiger partial charge in [0.05, 0.1) is 0 Å². The van der Waals surface area contributed by atoms with Crippen molar-refractivity contribution in [2.24, 2.45) is 22.7 Å². The molecule has 0 spiro atoms. The summed E-state index contributed by atoms with van der Waals surface area (Å²) in [4.78, 5) is 11.6. The molecule has 5 heteroatoms. The Kier molecular flexibility index (Phi) is 5.74. The molecule has 4 N–H and O–H groups in total. The Labute approximate surface area is 90.7 Å². The minimum atomic E-state index is -0.116.